The van der Waals surface area contributed by atoms with E-state index >= 15 is 0 Å². The Hall–Kier alpha value is -1.13. The molecule has 18 heavy (non-hydrogen) atoms. The van der Waals surface area contributed by atoms with Gasteiger partial charge in [-0.25, -0.2) is 4.39 Å². The molecule has 0 heterocycles. The van der Waals surface area contributed by atoms with Crippen LogP contribution in [0, 0.1) is 5.82 Å². The maximum atomic E-state index is 13.2. The third-order valence-electron chi connectivity index (χ3n) is 2.81. The van der Waals surface area contributed by atoms with Crippen molar-refractivity contribution in [3.05, 3.63) is 34.6 Å². The third-order valence-corrected chi connectivity index (χ3v) is 3.03. The quantitative estimate of drug-likeness (QED) is 0.865. The highest BCUT2D eigenvalue weighted by Crippen LogP contribution is 2.17. The molecule has 0 saturated heterocycles. The van der Waals surface area contributed by atoms with Crippen LogP contribution < -0.4 is 0 Å². The summed E-state index contributed by atoms with van der Waals surface area (Å²) in [6.45, 7) is 4.97. The minimum absolute atomic E-state index is 0.0664. The first-order chi connectivity index (χ1) is 8.42. The number of aliphatic carboxylic acids is 1. The van der Waals surface area contributed by atoms with Crippen LogP contribution in [0.2, 0.25) is 5.02 Å². The highest BCUT2D eigenvalue weighted by molar-refractivity contribution is 6.30. The van der Waals surface area contributed by atoms with Crippen molar-refractivity contribution in [1.82, 2.24) is 4.90 Å². The summed E-state index contributed by atoms with van der Waals surface area (Å²) in [6.07, 6.45) is 0.0664. The Kier molecular flexibility index (Phi) is 5.56. The second-order valence-electron chi connectivity index (χ2n) is 4.29. The predicted molar refractivity (Wildman–Crippen MR) is 69.2 cm³/mol. The minimum atomic E-state index is -0.835. The van der Waals surface area contributed by atoms with Crippen LogP contribution in [-0.2, 0) is 11.3 Å². The number of carboxylic acid groups (broad SMARTS) is 1. The number of carbonyl (C=O) groups is 1. The predicted octanol–water partition coefficient (Wildman–Crippen LogP) is 3.16. The third kappa shape index (κ3) is 4.63. The number of halogens is 2. The van der Waals surface area contributed by atoms with Crippen molar-refractivity contribution in [2.45, 2.75) is 32.9 Å². The van der Waals surface area contributed by atoms with Gasteiger partial charge in [-0.3, -0.25) is 9.69 Å². The highest BCUT2D eigenvalue weighted by Gasteiger charge is 2.16. The molecule has 0 aliphatic carbocycles. The van der Waals surface area contributed by atoms with Crippen molar-refractivity contribution in [3.63, 3.8) is 0 Å². The second-order valence-corrected chi connectivity index (χ2v) is 4.72. The van der Waals surface area contributed by atoms with Gasteiger partial charge in [-0.05, 0) is 37.2 Å². The van der Waals surface area contributed by atoms with E-state index in [1.54, 1.807) is 6.07 Å². The molecular weight excluding hydrogens is 257 g/mol. The largest absolute Gasteiger partial charge is 0.481 e. The molecular formula is C13H17ClFNO2. The van der Waals surface area contributed by atoms with Crippen molar-refractivity contribution < 1.29 is 14.3 Å². The van der Waals surface area contributed by atoms with Gasteiger partial charge in [0.25, 0.3) is 0 Å². The molecule has 1 atom stereocenters. The second kappa shape index (κ2) is 6.71. The summed E-state index contributed by atoms with van der Waals surface area (Å²) in [4.78, 5) is 12.7. The van der Waals surface area contributed by atoms with E-state index in [1.165, 1.54) is 12.1 Å². The van der Waals surface area contributed by atoms with Crippen molar-refractivity contribution in [2.24, 2.45) is 0 Å². The topological polar surface area (TPSA) is 40.5 Å². The maximum absolute atomic E-state index is 13.2. The van der Waals surface area contributed by atoms with Crippen molar-refractivity contribution in [3.8, 4) is 0 Å². The molecule has 0 fully saturated rings. The van der Waals surface area contributed by atoms with Crippen LogP contribution in [-0.4, -0.2) is 28.6 Å². The molecule has 0 spiro atoms. The Morgan fingerprint density at radius 3 is 2.67 bits per heavy atom. The van der Waals surface area contributed by atoms with Gasteiger partial charge in [0, 0.05) is 17.6 Å². The number of hydrogen-bond acceptors (Lipinski definition) is 2. The average Bonchev–Trinajstić information content (AvgIpc) is 2.23. The zero-order valence-electron chi connectivity index (χ0n) is 10.5. The fraction of sp³-hybridized carbons (Fsp3) is 0.462. The van der Waals surface area contributed by atoms with Gasteiger partial charge in [-0.1, -0.05) is 18.5 Å². The molecule has 1 unspecified atom stereocenters. The number of nitrogens with zero attached hydrogens (tertiary/aromatic N) is 1. The number of benzene rings is 1. The number of hydrogen-bond donors (Lipinski definition) is 1. The van der Waals surface area contributed by atoms with Gasteiger partial charge >= 0.3 is 5.97 Å². The Morgan fingerprint density at radius 1 is 1.50 bits per heavy atom. The van der Waals surface area contributed by atoms with E-state index in [2.05, 4.69) is 0 Å². The molecule has 0 radical (unpaired) electrons. The molecule has 3 nitrogen and oxygen atoms in total. The summed E-state index contributed by atoms with van der Waals surface area (Å²) >= 11 is 5.79. The molecule has 0 aromatic heterocycles. The number of rotatable bonds is 6. The van der Waals surface area contributed by atoms with Crippen LogP contribution in [0.5, 0.6) is 0 Å². The molecule has 1 N–H and O–H groups in total. The fourth-order valence-electron chi connectivity index (χ4n) is 1.90. The minimum Gasteiger partial charge on any atom is -0.481 e. The van der Waals surface area contributed by atoms with Crippen LogP contribution in [0.3, 0.4) is 0 Å². The van der Waals surface area contributed by atoms with Crippen molar-refractivity contribution in [1.29, 1.82) is 0 Å². The van der Waals surface area contributed by atoms with E-state index < -0.39 is 5.97 Å². The smallest absolute Gasteiger partial charge is 0.304 e. The SMILES string of the molecule is CCN(Cc1cc(F)cc(Cl)c1)C(C)CC(=O)O. The van der Waals surface area contributed by atoms with Gasteiger partial charge < -0.3 is 5.11 Å². The molecule has 0 amide bonds. The summed E-state index contributed by atoms with van der Waals surface area (Å²) in [6, 6.07) is 4.26. The van der Waals surface area contributed by atoms with Crippen molar-refractivity contribution in [2.75, 3.05) is 6.54 Å². The molecule has 0 bridgehead atoms. The molecule has 0 saturated carbocycles. The van der Waals surface area contributed by atoms with E-state index in [1.807, 2.05) is 18.7 Å². The fourth-order valence-corrected chi connectivity index (χ4v) is 2.14. The Bertz CT molecular complexity index is 405. The van der Waals surface area contributed by atoms with Crippen LogP contribution in [0.1, 0.15) is 25.8 Å². The lowest BCUT2D eigenvalue weighted by atomic mass is 10.1. The lowest BCUT2D eigenvalue weighted by Crippen LogP contribution is -2.34. The van der Waals surface area contributed by atoms with Crippen LogP contribution in [0.15, 0.2) is 18.2 Å². The van der Waals surface area contributed by atoms with Gasteiger partial charge in [0.15, 0.2) is 0 Å². The van der Waals surface area contributed by atoms with E-state index in [9.17, 15) is 9.18 Å². The lowest BCUT2D eigenvalue weighted by Gasteiger charge is -2.26. The van der Waals surface area contributed by atoms with Gasteiger partial charge in [-0.15, -0.1) is 0 Å². The zero-order chi connectivity index (χ0) is 13.7. The lowest BCUT2D eigenvalue weighted by molar-refractivity contribution is -0.138. The summed E-state index contributed by atoms with van der Waals surface area (Å²) in [5.41, 5.74) is 0.749. The Balaban J connectivity index is 2.75. The highest BCUT2D eigenvalue weighted by atomic mass is 35.5. The van der Waals surface area contributed by atoms with Crippen LogP contribution >= 0.6 is 11.6 Å². The summed E-state index contributed by atoms with van der Waals surface area (Å²) < 4.78 is 13.2. The summed E-state index contributed by atoms with van der Waals surface area (Å²) in [7, 11) is 0. The van der Waals surface area contributed by atoms with Crippen LogP contribution in [0.4, 0.5) is 4.39 Å². The van der Waals surface area contributed by atoms with E-state index in [0.29, 0.717) is 18.1 Å². The Morgan fingerprint density at radius 2 is 2.17 bits per heavy atom. The first-order valence-corrected chi connectivity index (χ1v) is 6.21. The summed E-state index contributed by atoms with van der Waals surface area (Å²) in [5.74, 6) is -1.21. The van der Waals surface area contributed by atoms with E-state index in [-0.39, 0.29) is 18.3 Å². The number of carboxylic acids is 1. The van der Waals surface area contributed by atoms with E-state index in [4.69, 9.17) is 16.7 Å². The van der Waals surface area contributed by atoms with Gasteiger partial charge in [-0.2, -0.15) is 0 Å². The molecule has 1 aromatic rings. The monoisotopic (exact) mass is 273 g/mol. The molecule has 0 aliphatic heterocycles. The molecule has 0 aliphatic rings. The van der Waals surface area contributed by atoms with E-state index in [0.717, 1.165) is 5.56 Å². The van der Waals surface area contributed by atoms with Crippen molar-refractivity contribution >= 4 is 17.6 Å². The molecule has 100 valence electrons. The van der Waals surface area contributed by atoms with Gasteiger partial charge in [0.05, 0.1) is 6.42 Å². The Labute approximate surface area is 111 Å². The zero-order valence-corrected chi connectivity index (χ0v) is 11.2. The normalized spacial score (nSPS) is 12.7. The molecule has 5 heteroatoms. The average molecular weight is 274 g/mol. The summed E-state index contributed by atoms with van der Waals surface area (Å²) in [5, 5.41) is 9.13. The van der Waals surface area contributed by atoms with Crippen LogP contribution in [0.25, 0.3) is 0 Å². The maximum Gasteiger partial charge on any atom is 0.304 e. The first-order valence-electron chi connectivity index (χ1n) is 5.83. The molecule has 1 rings (SSSR count). The first kappa shape index (κ1) is 14.9. The van der Waals surface area contributed by atoms with Gasteiger partial charge in [0.2, 0.25) is 0 Å². The molecule has 1 aromatic carbocycles. The standard InChI is InChI=1S/C13H17ClFNO2/c1-3-16(9(2)4-13(17)18)8-10-5-11(14)7-12(15)6-10/h5-7,9H,3-4,8H2,1-2H3,(H,17,18). The van der Waals surface area contributed by atoms with Gasteiger partial charge in [0.1, 0.15) is 5.82 Å².